The average Bonchev–Trinajstić information content (AvgIpc) is 2.78. The second-order valence-corrected chi connectivity index (χ2v) is 9.81. The fraction of sp³-hybridized carbons (Fsp3) is 0.483. The molecule has 1 unspecified atom stereocenters. The number of rotatable bonds is 11. The van der Waals surface area contributed by atoms with Crippen molar-refractivity contribution in [2.75, 3.05) is 11.9 Å². The van der Waals surface area contributed by atoms with Crippen LogP contribution in [-0.4, -0.2) is 18.3 Å². The first kappa shape index (κ1) is 27.1. The fourth-order valence-electron chi connectivity index (χ4n) is 4.18. The van der Waals surface area contributed by atoms with E-state index in [9.17, 15) is 14.9 Å². The first-order valence-corrected chi connectivity index (χ1v) is 12.2. The van der Waals surface area contributed by atoms with Gasteiger partial charge in [-0.05, 0) is 60.9 Å². The lowest BCUT2D eigenvalue weighted by atomic mass is 9.84. The zero-order valence-corrected chi connectivity index (χ0v) is 21.5. The normalized spacial score (nSPS) is 12.0. The Hall–Kier alpha value is -3.13. The van der Waals surface area contributed by atoms with Gasteiger partial charge in [-0.25, -0.2) is 0 Å². The SMILES string of the molecule is CCCCCC(CC(=O)Nc1cc(C(C)=O)ccc1C(C)(C)C)c1ccc(C#N)cc1OCC. The second kappa shape index (κ2) is 12.4. The molecule has 0 saturated carbocycles. The molecule has 1 atom stereocenters. The number of ether oxygens (including phenoxy) is 1. The third-order valence-corrected chi connectivity index (χ3v) is 5.98. The van der Waals surface area contributed by atoms with Crippen LogP contribution >= 0.6 is 0 Å². The summed E-state index contributed by atoms with van der Waals surface area (Å²) in [5.74, 6) is 0.506. The van der Waals surface area contributed by atoms with E-state index in [0.29, 0.717) is 35.6 Å². The van der Waals surface area contributed by atoms with Gasteiger partial charge in [-0.3, -0.25) is 9.59 Å². The summed E-state index contributed by atoms with van der Waals surface area (Å²) < 4.78 is 5.85. The molecule has 0 spiro atoms. The smallest absolute Gasteiger partial charge is 0.224 e. The van der Waals surface area contributed by atoms with Gasteiger partial charge in [0.25, 0.3) is 0 Å². The van der Waals surface area contributed by atoms with Crippen LogP contribution in [0.3, 0.4) is 0 Å². The Morgan fingerprint density at radius 3 is 2.41 bits per heavy atom. The Morgan fingerprint density at radius 1 is 1.09 bits per heavy atom. The Morgan fingerprint density at radius 2 is 1.82 bits per heavy atom. The summed E-state index contributed by atoms with van der Waals surface area (Å²) in [4.78, 5) is 25.2. The quantitative estimate of drug-likeness (QED) is 0.284. The summed E-state index contributed by atoms with van der Waals surface area (Å²) in [7, 11) is 0. The molecular formula is C29H38N2O3. The number of amides is 1. The lowest BCUT2D eigenvalue weighted by Gasteiger charge is -2.25. The molecule has 5 heteroatoms. The van der Waals surface area contributed by atoms with Crippen LogP contribution in [0.15, 0.2) is 36.4 Å². The number of nitrogens with zero attached hydrogens (tertiary/aromatic N) is 1. The molecule has 0 heterocycles. The van der Waals surface area contributed by atoms with Gasteiger partial charge in [0, 0.05) is 17.7 Å². The molecule has 34 heavy (non-hydrogen) atoms. The first-order valence-electron chi connectivity index (χ1n) is 12.2. The summed E-state index contributed by atoms with van der Waals surface area (Å²) in [6, 6.07) is 13.2. The van der Waals surface area contributed by atoms with Crippen LogP contribution in [0.2, 0.25) is 0 Å². The van der Waals surface area contributed by atoms with Gasteiger partial charge in [0.05, 0.1) is 18.2 Å². The van der Waals surface area contributed by atoms with Crippen molar-refractivity contribution in [2.45, 2.75) is 85.0 Å². The van der Waals surface area contributed by atoms with Gasteiger partial charge >= 0.3 is 0 Å². The predicted molar refractivity (Wildman–Crippen MR) is 138 cm³/mol. The number of carbonyl (C=O) groups excluding carboxylic acids is 2. The molecule has 182 valence electrons. The van der Waals surface area contributed by atoms with E-state index < -0.39 is 0 Å². The van der Waals surface area contributed by atoms with Crippen molar-refractivity contribution >= 4 is 17.4 Å². The number of nitriles is 1. The Kier molecular flexibility index (Phi) is 9.86. The van der Waals surface area contributed by atoms with Crippen LogP contribution < -0.4 is 10.1 Å². The maximum absolute atomic E-state index is 13.3. The summed E-state index contributed by atoms with van der Waals surface area (Å²) in [5.41, 5.74) is 3.56. The predicted octanol–water partition coefficient (Wildman–Crippen LogP) is 7.15. The lowest BCUT2D eigenvalue weighted by Crippen LogP contribution is -2.21. The molecule has 1 N–H and O–H groups in total. The van der Waals surface area contributed by atoms with Crippen LogP contribution in [0.5, 0.6) is 5.75 Å². The number of anilines is 1. The first-order chi connectivity index (χ1) is 16.1. The standard InChI is InChI=1S/C29H38N2O3/c1-7-9-10-11-23(24-14-12-21(19-30)16-27(24)34-8-2)18-28(33)31-26-17-22(20(3)32)13-15-25(26)29(4,5)6/h12-17,23H,7-11,18H2,1-6H3,(H,31,33). The highest BCUT2D eigenvalue weighted by molar-refractivity contribution is 5.98. The highest BCUT2D eigenvalue weighted by atomic mass is 16.5. The third-order valence-electron chi connectivity index (χ3n) is 5.98. The van der Waals surface area contributed by atoms with Gasteiger partial charge in [0.1, 0.15) is 5.75 Å². The van der Waals surface area contributed by atoms with Crippen molar-refractivity contribution in [1.82, 2.24) is 0 Å². The molecule has 5 nitrogen and oxygen atoms in total. The minimum atomic E-state index is -0.187. The van der Waals surface area contributed by atoms with E-state index in [1.165, 1.54) is 6.92 Å². The molecule has 2 aromatic carbocycles. The molecule has 0 aromatic heterocycles. The molecule has 0 aliphatic rings. The average molecular weight is 463 g/mol. The van der Waals surface area contributed by atoms with Crippen molar-refractivity contribution in [1.29, 1.82) is 5.26 Å². The number of ketones is 1. The maximum Gasteiger partial charge on any atom is 0.224 e. The molecule has 1 amide bonds. The Labute approximate surface area is 204 Å². The van der Waals surface area contributed by atoms with E-state index in [2.05, 4.69) is 39.1 Å². The largest absolute Gasteiger partial charge is 0.494 e. The zero-order valence-electron chi connectivity index (χ0n) is 21.5. The molecule has 0 radical (unpaired) electrons. The molecule has 2 aromatic rings. The van der Waals surface area contributed by atoms with Crippen LogP contribution in [0, 0.1) is 11.3 Å². The zero-order chi connectivity index (χ0) is 25.3. The maximum atomic E-state index is 13.3. The van der Waals surface area contributed by atoms with Crippen molar-refractivity contribution < 1.29 is 14.3 Å². The van der Waals surface area contributed by atoms with Gasteiger partial charge in [-0.1, -0.05) is 65.2 Å². The second-order valence-electron chi connectivity index (χ2n) is 9.81. The van der Waals surface area contributed by atoms with E-state index in [4.69, 9.17) is 4.74 Å². The minimum Gasteiger partial charge on any atom is -0.494 e. The molecular weight excluding hydrogens is 424 g/mol. The van der Waals surface area contributed by atoms with E-state index >= 15 is 0 Å². The number of Topliss-reactive ketones (excluding diaryl/α,β-unsaturated/α-hetero) is 1. The van der Waals surface area contributed by atoms with Crippen LogP contribution in [0.4, 0.5) is 5.69 Å². The van der Waals surface area contributed by atoms with Crippen molar-refractivity contribution in [3.8, 4) is 11.8 Å². The molecule has 2 rings (SSSR count). The van der Waals surface area contributed by atoms with Crippen LogP contribution in [-0.2, 0) is 10.2 Å². The monoisotopic (exact) mass is 462 g/mol. The van der Waals surface area contributed by atoms with Gasteiger partial charge < -0.3 is 10.1 Å². The van der Waals surface area contributed by atoms with Gasteiger partial charge in [-0.2, -0.15) is 5.26 Å². The number of nitrogens with one attached hydrogen (secondary N) is 1. The van der Waals surface area contributed by atoms with Crippen molar-refractivity contribution in [3.63, 3.8) is 0 Å². The number of hydrogen-bond donors (Lipinski definition) is 1. The topological polar surface area (TPSA) is 79.2 Å². The van der Waals surface area contributed by atoms with Gasteiger partial charge in [0.2, 0.25) is 5.91 Å². The third kappa shape index (κ3) is 7.45. The summed E-state index contributed by atoms with van der Waals surface area (Å²) in [5, 5.41) is 12.4. The van der Waals surface area contributed by atoms with Crippen LogP contribution in [0.25, 0.3) is 0 Å². The summed E-state index contributed by atoms with van der Waals surface area (Å²) in [6.45, 7) is 12.4. The Balaban J connectivity index is 2.37. The van der Waals surface area contributed by atoms with E-state index in [1.54, 1.807) is 18.2 Å². The van der Waals surface area contributed by atoms with E-state index in [-0.39, 0.29) is 23.0 Å². The van der Waals surface area contributed by atoms with Crippen molar-refractivity contribution in [2.24, 2.45) is 0 Å². The molecule has 0 aliphatic carbocycles. The summed E-state index contributed by atoms with van der Waals surface area (Å²) >= 11 is 0. The number of hydrogen-bond acceptors (Lipinski definition) is 4. The number of unbranched alkanes of at least 4 members (excludes halogenated alkanes) is 2. The molecule has 0 fully saturated rings. The lowest BCUT2D eigenvalue weighted by molar-refractivity contribution is -0.116. The number of benzene rings is 2. The highest BCUT2D eigenvalue weighted by Gasteiger charge is 2.23. The minimum absolute atomic E-state index is 0.0325. The Bertz CT molecular complexity index is 1040. The molecule has 0 bridgehead atoms. The molecule has 0 saturated heterocycles. The van der Waals surface area contributed by atoms with Crippen LogP contribution in [0.1, 0.15) is 107 Å². The number of carbonyl (C=O) groups is 2. The molecule has 0 aliphatic heterocycles. The highest BCUT2D eigenvalue weighted by Crippen LogP contribution is 2.35. The van der Waals surface area contributed by atoms with E-state index in [1.807, 2.05) is 25.1 Å². The van der Waals surface area contributed by atoms with E-state index in [0.717, 1.165) is 36.8 Å². The van der Waals surface area contributed by atoms with Gasteiger partial charge in [-0.15, -0.1) is 0 Å². The van der Waals surface area contributed by atoms with Gasteiger partial charge in [0.15, 0.2) is 5.78 Å². The summed E-state index contributed by atoms with van der Waals surface area (Å²) in [6.07, 6.45) is 4.34. The fourth-order valence-corrected chi connectivity index (χ4v) is 4.18. The van der Waals surface area contributed by atoms with Crippen molar-refractivity contribution in [3.05, 3.63) is 58.7 Å².